The van der Waals surface area contributed by atoms with Gasteiger partial charge in [0.2, 0.25) is 0 Å². The highest BCUT2D eigenvalue weighted by Crippen LogP contribution is 2.27. The summed E-state index contributed by atoms with van der Waals surface area (Å²) in [5.74, 6) is -0.236. The molecular weight excluding hydrogens is 255 g/mol. The van der Waals surface area contributed by atoms with Crippen molar-refractivity contribution in [2.45, 2.75) is 44.7 Å². The highest BCUT2D eigenvalue weighted by Gasteiger charge is 2.32. The first-order valence-electron chi connectivity index (χ1n) is 7.43. The molecule has 3 nitrogen and oxygen atoms in total. The maximum atomic E-state index is 13.0. The molecule has 0 aromatic heterocycles. The Labute approximate surface area is 120 Å². The summed E-state index contributed by atoms with van der Waals surface area (Å²) in [5, 5.41) is 13.3. The molecule has 1 aliphatic rings. The number of hydrogen-bond acceptors (Lipinski definition) is 3. The van der Waals surface area contributed by atoms with Gasteiger partial charge in [0.1, 0.15) is 5.82 Å². The van der Waals surface area contributed by atoms with Gasteiger partial charge in [-0.15, -0.1) is 0 Å². The van der Waals surface area contributed by atoms with Crippen LogP contribution in [0.3, 0.4) is 0 Å². The Kier molecular flexibility index (Phi) is 5.00. The molecular formula is C16H25FN2O. The molecule has 4 heteroatoms. The molecule has 1 aliphatic heterocycles. The number of halogens is 1. The van der Waals surface area contributed by atoms with Gasteiger partial charge in [0.05, 0.1) is 12.1 Å². The minimum absolute atomic E-state index is 0.107. The normalized spacial score (nSPS) is 24.6. The van der Waals surface area contributed by atoms with E-state index in [9.17, 15) is 9.50 Å². The van der Waals surface area contributed by atoms with Crippen LogP contribution in [0.5, 0.6) is 0 Å². The number of rotatable bonds is 4. The summed E-state index contributed by atoms with van der Waals surface area (Å²) in [6.45, 7) is 6.58. The first-order chi connectivity index (χ1) is 9.54. The zero-order valence-corrected chi connectivity index (χ0v) is 12.4. The summed E-state index contributed by atoms with van der Waals surface area (Å²) in [5.41, 5.74) is 0.583. The van der Waals surface area contributed by atoms with Crippen molar-refractivity contribution in [1.29, 1.82) is 0 Å². The molecule has 0 aliphatic carbocycles. The van der Waals surface area contributed by atoms with Gasteiger partial charge < -0.3 is 15.3 Å². The maximum absolute atomic E-state index is 13.0. The molecule has 1 aromatic rings. The lowest BCUT2D eigenvalue weighted by Crippen LogP contribution is -2.43. The number of likely N-dealkylation sites (tertiary alicyclic amines) is 1. The number of anilines is 1. The molecule has 1 saturated heterocycles. The average Bonchev–Trinajstić information content (AvgIpc) is 2.65. The van der Waals surface area contributed by atoms with E-state index in [-0.39, 0.29) is 18.0 Å². The van der Waals surface area contributed by atoms with Gasteiger partial charge in [-0.1, -0.05) is 0 Å². The third-order valence-electron chi connectivity index (χ3n) is 4.26. The monoisotopic (exact) mass is 280 g/mol. The molecule has 1 unspecified atom stereocenters. The van der Waals surface area contributed by atoms with Gasteiger partial charge >= 0.3 is 0 Å². The zero-order valence-electron chi connectivity index (χ0n) is 12.4. The van der Waals surface area contributed by atoms with Crippen molar-refractivity contribution in [1.82, 2.24) is 4.90 Å². The number of aliphatic hydroxyl groups is 1. The highest BCUT2D eigenvalue weighted by molar-refractivity contribution is 5.45. The molecule has 1 aromatic carbocycles. The van der Waals surface area contributed by atoms with Crippen molar-refractivity contribution in [2.75, 3.05) is 25.0 Å². The maximum Gasteiger partial charge on any atom is 0.123 e. The first-order valence-corrected chi connectivity index (χ1v) is 7.43. The van der Waals surface area contributed by atoms with Crippen LogP contribution in [0.15, 0.2) is 24.3 Å². The van der Waals surface area contributed by atoms with E-state index in [1.54, 1.807) is 12.1 Å². The molecule has 1 fully saturated rings. The molecule has 0 spiro atoms. The van der Waals surface area contributed by atoms with Gasteiger partial charge in [0.15, 0.2) is 0 Å². The predicted octanol–water partition coefficient (Wildman–Crippen LogP) is 2.86. The predicted molar refractivity (Wildman–Crippen MR) is 80.4 cm³/mol. The van der Waals surface area contributed by atoms with E-state index in [4.69, 9.17) is 0 Å². The van der Waals surface area contributed by atoms with Crippen molar-refractivity contribution >= 4 is 5.69 Å². The van der Waals surface area contributed by atoms with E-state index in [0.717, 1.165) is 38.0 Å². The fraction of sp³-hybridized carbons (Fsp3) is 0.625. The Morgan fingerprint density at radius 3 is 2.55 bits per heavy atom. The summed E-state index contributed by atoms with van der Waals surface area (Å²) in [7, 11) is 0. The second kappa shape index (κ2) is 6.55. The Bertz CT molecular complexity index is 421. The molecule has 0 radical (unpaired) electrons. The van der Waals surface area contributed by atoms with Crippen LogP contribution in [0.1, 0.15) is 33.1 Å². The minimum atomic E-state index is -0.290. The van der Waals surface area contributed by atoms with Gasteiger partial charge in [-0.25, -0.2) is 4.39 Å². The van der Waals surface area contributed by atoms with Gasteiger partial charge in [0.25, 0.3) is 0 Å². The Balaban J connectivity index is 2.07. The van der Waals surface area contributed by atoms with Gasteiger partial charge in [-0.3, -0.25) is 0 Å². The van der Waals surface area contributed by atoms with Crippen molar-refractivity contribution in [3.63, 3.8) is 0 Å². The van der Waals surface area contributed by atoms with Crippen LogP contribution in [-0.4, -0.2) is 41.3 Å². The zero-order chi connectivity index (χ0) is 14.6. The topological polar surface area (TPSA) is 35.5 Å². The number of hydrogen-bond donors (Lipinski definition) is 2. The average molecular weight is 280 g/mol. The number of aliphatic hydroxyl groups excluding tert-OH is 1. The van der Waals surface area contributed by atoms with Crippen LogP contribution < -0.4 is 5.32 Å². The Morgan fingerprint density at radius 1 is 1.25 bits per heavy atom. The van der Waals surface area contributed by atoms with Gasteiger partial charge in [-0.2, -0.15) is 0 Å². The molecule has 0 bridgehead atoms. The molecule has 2 rings (SSSR count). The SMILES string of the molecule is CC(C)N1CCCC(CO)(Nc2ccc(F)cc2)CC1. The van der Waals surface area contributed by atoms with Crippen LogP contribution in [0, 0.1) is 5.82 Å². The van der Waals surface area contributed by atoms with Crippen LogP contribution >= 0.6 is 0 Å². The molecule has 0 saturated carbocycles. The minimum Gasteiger partial charge on any atom is -0.394 e. The molecule has 20 heavy (non-hydrogen) atoms. The van der Waals surface area contributed by atoms with Crippen molar-refractivity contribution in [3.8, 4) is 0 Å². The summed E-state index contributed by atoms with van der Waals surface area (Å²) < 4.78 is 13.0. The second-order valence-corrected chi connectivity index (χ2v) is 6.05. The van der Waals surface area contributed by atoms with Crippen molar-refractivity contribution in [2.24, 2.45) is 0 Å². The Morgan fingerprint density at radius 2 is 1.95 bits per heavy atom. The van der Waals surface area contributed by atoms with Crippen LogP contribution in [0.4, 0.5) is 10.1 Å². The largest absolute Gasteiger partial charge is 0.394 e. The smallest absolute Gasteiger partial charge is 0.123 e. The summed E-state index contributed by atoms with van der Waals surface area (Å²) in [4.78, 5) is 2.45. The van der Waals surface area contributed by atoms with E-state index in [2.05, 4.69) is 24.1 Å². The van der Waals surface area contributed by atoms with Crippen molar-refractivity contribution < 1.29 is 9.50 Å². The van der Waals surface area contributed by atoms with E-state index >= 15 is 0 Å². The first kappa shape index (κ1) is 15.3. The lowest BCUT2D eigenvalue weighted by atomic mass is 9.91. The van der Waals surface area contributed by atoms with Crippen LogP contribution in [0.25, 0.3) is 0 Å². The Hall–Kier alpha value is -1.13. The number of benzene rings is 1. The highest BCUT2D eigenvalue weighted by atomic mass is 19.1. The molecule has 112 valence electrons. The molecule has 0 amide bonds. The summed E-state index contributed by atoms with van der Waals surface area (Å²) in [6.07, 6.45) is 2.90. The van der Waals surface area contributed by atoms with E-state index < -0.39 is 0 Å². The van der Waals surface area contributed by atoms with Gasteiger partial charge in [-0.05, 0) is 63.9 Å². The molecule has 1 atom stereocenters. The third-order valence-corrected chi connectivity index (χ3v) is 4.26. The number of nitrogens with zero attached hydrogens (tertiary/aromatic N) is 1. The van der Waals surface area contributed by atoms with Gasteiger partial charge in [0, 0.05) is 18.3 Å². The van der Waals surface area contributed by atoms with Crippen LogP contribution in [0.2, 0.25) is 0 Å². The molecule has 2 N–H and O–H groups in total. The lowest BCUT2D eigenvalue weighted by Gasteiger charge is -2.33. The second-order valence-electron chi connectivity index (χ2n) is 6.05. The fourth-order valence-corrected chi connectivity index (χ4v) is 2.89. The summed E-state index contributed by atoms with van der Waals surface area (Å²) in [6, 6.07) is 6.90. The fourth-order valence-electron chi connectivity index (χ4n) is 2.89. The quantitative estimate of drug-likeness (QED) is 0.890. The van der Waals surface area contributed by atoms with Crippen molar-refractivity contribution in [3.05, 3.63) is 30.1 Å². The molecule has 1 heterocycles. The van der Waals surface area contributed by atoms with E-state index in [0.29, 0.717) is 6.04 Å². The standard InChI is InChI=1S/C16H25FN2O/c1-13(2)19-10-3-8-16(12-20,9-11-19)18-15-6-4-14(17)5-7-15/h4-7,13,18,20H,3,8-12H2,1-2H3. The van der Waals surface area contributed by atoms with Crippen LogP contribution in [-0.2, 0) is 0 Å². The third kappa shape index (κ3) is 3.70. The summed E-state index contributed by atoms with van der Waals surface area (Å²) >= 11 is 0. The lowest BCUT2D eigenvalue weighted by molar-refractivity contribution is 0.186. The number of nitrogens with one attached hydrogen (secondary N) is 1. The van der Waals surface area contributed by atoms with E-state index in [1.165, 1.54) is 12.1 Å². The van der Waals surface area contributed by atoms with E-state index in [1.807, 2.05) is 0 Å².